The van der Waals surface area contributed by atoms with Crippen LogP contribution in [0.25, 0.3) is 0 Å². The number of benzene rings is 2. The molecule has 0 unspecified atom stereocenters. The van der Waals surface area contributed by atoms with E-state index in [-0.39, 0.29) is 41.7 Å². The van der Waals surface area contributed by atoms with Crippen molar-refractivity contribution < 1.29 is 17.6 Å². The van der Waals surface area contributed by atoms with Gasteiger partial charge >= 0.3 is 0 Å². The van der Waals surface area contributed by atoms with Crippen LogP contribution < -0.4 is 0 Å². The number of rotatable bonds is 3. The largest absolute Gasteiger partial charge is 0.336 e. The number of hydrogen-bond donors (Lipinski definition) is 0. The molecule has 0 aromatic heterocycles. The van der Waals surface area contributed by atoms with E-state index < -0.39 is 21.7 Å². The van der Waals surface area contributed by atoms with Crippen LogP contribution in [0.1, 0.15) is 10.4 Å². The molecule has 5 nitrogen and oxygen atoms in total. The van der Waals surface area contributed by atoms with E-state index in [2.05, 4.69) is 15.9 Å². The Bertz CT molecular complexity index is 947. The first kappa shape index (κ1) is 19.3. The highest BCUT2D eigenvalue weighted by Gasteiger charge is 2.31. The van der Waals surface area contributed by atoms with Crippen LogP contribution >= 0.6 is 27.5 Å². The molecule has 138 valence electrons. The third-order valence-electron chi connectivity index (χ3n) is 4.12. The molecule has 0 atom stereocenters. The lowest BCUT2D eigenvalue weighted by Crippen LogP contribution is -2.50. The van der Waals surface area contributed by atoms with Gasteiger partial charge in [-0.15, -0.1) is 0 Å². The molecule has 1 saturated heterocycles. The normalized spacial score (nSPS) is 15.9. The number of carbonyl (C=O) groups is 1. The first-order valence-electron chi connectivity index (χ1n) is 7.79. The van der Waals surface area contributed by atoms with Gasteiger partial charge in [-0.05, 0) is 36.4 Å². The molecule has 0 N–H and O–H groups in total. The van der Waals surface area contributed by atoms with Gasteiger partial charge in [-0.2, -0.15) is 4.31 Å². The second kappa shape index (κ2) is 7.64. The van der Waals surface area contributed by atoms with Gasteiger partial charge in [-0.25, -0.2) is 12.8 Å². The summed E-state index contributed by atoms with van der Waals surface area (Å²) in [5.41, 5.74) is -0.110. The number of sulfonamides is 1. The minimum Gasteiger partial charge on any atom is -0.336 e. The Hall–Kier alpha value is -1.48. The topological polar surface area (TPSA) is 57.7 Å². The second-order valence-electron chi connectivity index (χ2n) is 5.78. The number of carbonyl (C=O) groups excluding carboxylic acids is 1. The summed E-state index contributed by atoms with van der Waals surface area (Å²) in [6.45, 7) is 0.640. The van der Waals surface area contributed by atoms with Crippen molar-refractivity contribution in [1.82, 2.24) is 9.21 Å². The number of halogens is 3. The molecule has 1 amide bonds. The molecular formula is C17H15BrClFN2O3S. The molecule has 1 aliphatic heterocycles. The van der Waals surface area contributed by atoms with Gasteiger partial charge in [0.15, 0.2) is 0 Å². The number of nitrogens with zero attached hydrogens (tertiary/aromatic N) is 2. The zero-order chi connectivity index (χ0) is 18.9. The van der Waals surface area contributed by atoms with E-state index in [0.29, 0.717) is 4.47 Å². The minimum atomic E-state index is -3.64. The van der Waals surface area contributed by atoms with Gasteiger partial charge in [0, 0.05) is 35.7 Å². The summed E-state index contributed by atoms with van der Waals surface area (Å²) in [6, 6.07) is 10.3. The zero-order valence-corrected chi connectivity index (χ0v) is 16.7. The fraction of sp³-hybridized carbons (Fsp3) is 0.235. The van der Waals surface area contributed by atoms with Crippen LogP contribution in [0, 0.1) is 5.82 Å². The van der Waals surface area contributed by atoms with E-state index in [4.69, 9.17) is 11.6 Å². The molecule has 26 heavy (non-hydrogen) atoms. The Morgan fingerprint density at radius 1 is 1.08 bits per heavy atom. The molecular weight excluding hydrogens is 447 g/mol. The first-order chi connectivity index (χ1) is 12.3. The van der Waals surface area contributed by atoms with Gasteiger partial charge in [0.05, 0.1) is 10.5 Å². The van der Waals surface area contributed by atoms with Crippen LogP contribution in [0.15, 0.2) is 51.8 Å². The maximum absolute atomic E-state index is 13.9. The highest BCUT2D eigenvalue weighted by molar-refractivity contribution is 9.10. The standard InChI is InChI=1S/C17H15BrClFN2O3S/c18-12-2-1-3-14(10-12)26(24,25)22-8-6-21(7-9-22)17(23)15-11-13(19)4-5-16(15)20/h1-5,10-11H,6-9H2. The van der Waals surface area contributed by atoms with Crippen molar-refractivity contribution >= 4 is 43.5 Å². The van der Waals surface area contributed by atoms with Crippen LogP contribution in [0.4, 0.5) is 4.39 Å². The Morgan fingerprint density at radius 2 is 1.77 bits per heavy atom. The summed E-state index contributed by atoms with van der Waals surface area (Å²) in [5.74, 6) is -1.15. The molecule has 2 aromatic rings. The average molecular weight is 462 g/mol. The van der Waals surface area contributed by atoms with E-state index in [9.17, 15) is 17.6 Å². The highest BCUT2D eigenvalue weighted by Crippen LogP contribution is 2.22. The monoisotopic (exact) mass is 460 g/mol. The van der Waals surface area contributed by atoms with Crippen LogP contribution in [0.5, 0.6) is 0 Å². The van der Waals surface area contributed by atoms with Crippen LogP contribution in [-0.4, -0.2) is 49.7 Å². The summed E-state index contributed by atoms with van der Waals surface area (Å²) in [7, 11) is -3.64. The van der Waals surface area contributed by atoms with Gasteiger partial charge in [0.2, 0.25) is 10.0 Å². The van der Waals surface area contributed by atoms with Crippen molar-refractivity contribution in [1.29, 1.82) is 0 Å². The van der Waals surface area contributed by atoms with Gasteiger partial charge in [-0.1, -0.05) is 33.6 Å². The highest BCUT2D eigenvalue weighted by atomic mass is 79.9. The van der Waals surface area contributed by atoms with E-state index in [1.807, 2.05) is 0 Å². The lowest BCUT2D eigenvalue weighted by molar-refractivity contribution is 0.0693. The number of piperazine rings is 1. The third kappa shape index (κ3) is 3.93. The van der Waals surface area contributed by atoms with Crippen molar-refractivity contribution in [3.8, 4) is 0 Å². The second-order valence-corrected chi connectivity index (χ2v) is 9.07. The van der Waals surface area contributed by atoms with Crippen molar-refractivity contribution in [2.24, 2.45) is 0 Å². The maximum Gasteiger partial charge on any atom is 0.256 e. The smallest absolute Gasteiger partial charge is 0.256 e. The lowest BCUT2D eigenvalue weighted by Gasteiger charge is -2.34. The number of hydrogen-bond acceptors (Lipinski definition) is 3. The molecule has 1 aliphatic rings. The fourth-order valence-electron chi connectivity index (χ4n) is 2.74. The first-order valence-corrected chi connectivity index (χ1v) is 10.4. The molecule has 0 radical (unpaired) electrons. The number of amides is 1. The minimum absolute atomic E-state index is 0.110. The van der Waals surface area contributed by atoms with Gasteiger partial charge in [0.25, 0.3) is 5.91 Å². The maximum atomic E-state index is 13.9. The zero-order valence-electron chi connectivity index (χ0n) is 13.5. The molecule has 3 rings (SSSR count). The molecule has 9 heteroatoms. The van der Waals surface area contributed by atoms with Crippen molar-refractivity contribution in [3.63, 3.8) is 0 Å². The Labute approximate surface area is 164 Å². The Balaban J connectivity index is 1.73. The molecule has 1 fully saturated rings. The third-order valence-corrected chi connectivity index (χ3v) is 6.74. The van der Waals surface area contributed by atoms with Crippen molar-refractivity contribution in [3.05, 3.63) is 63.3 Å². The molecule has 0 bridgehead atoms. The summed E-state index contributed by atoms with van der Waals surface area (Å²) in [5, 5.41) is 0.269. The predicted molar refractivity (Wildman–Crippen MR) is 100 cm³/mol. The van der Waals surface area contributed by atoms with Crippen molar-refractivity contribution in [2.45, 2.75) is 4.90 Å². The quantitative estimate of drug-likeness (QED) is 0.704. The summed E-state index contributed by atoms with van der Waals surface area (Å²) < 4.78 is 41.3. The van der Waals surface area contributed by atoms with Crippen LogP contribution in [0.2, 0.25) is 5.02 Å². The Morgan fingerprint density at radius 3 is 2.42 bits per heavy atom. The van der Waals surface area contributed by atoms with Crippen LogP contribution in [-0.2, 0) is 10.0 Å². The molecule has 2 aromatic carbocycles. The predicted octanol–water partition coefficient (Wildman–Crippen LogP) is 3.39. The summed E-state index contributed by atoms with van der Waals surface area (Å²) >= 11 is 9.10. The van der Waals surface area contributed by atoms with Gasteiger partial charge in [0.1, 0.15) is 5.82 Å². The van der Waals surface area contributed by atoms with E-state index in [1.165, 1.54) is 33.5 Å². The molecule has 0 saturated carbocycles. The Kier molecular flexibility index (Phi) is 5.67. The molecule has 0 aliphatic carbocycles. The van der Waals surface area contributed by atoms with Crippen LogP contribution in [0.3, 0.4) is 0 Å². The fourth-order valence-corrected chi connectivity index (χ4v) is 4.93. The summed E-state index contributed by atoms with van der Waals surface area (Å²) in [4.78, 5) is 14.1. The van der Waals surface area contributed by atoms with E-state index in [1.54, 1.807) is 12.1 Å². The SMILES string of the molecule is O=C(c1cc(Cl)ccc1F)N1CCN(S(=O)(=O)c2cccc(Br)c2)CC1. The van der Waals surface area contributed by atoms with Crippen molar-refractivity contribution in [2.75, 3.05) is 26.2 Å². The van der Waals surface area contributed by atoms with Gasteiger partial charge in [-0.3, -0.25) is 4.79 Å². The van der Waals surface area contributed by atoms with Gasteiger partial charge < -0.3 is 4.90 Å². The van der Waals surface area contributed by atoms with E-state index in [0.717, 1.165) is 6.07 Å². The molecule has 0 spiro atoms. The lowest BCUT2D eigenvalue weighted by atomic mass is 10.1. The average Bonchev–Trinajstić information content (AvgIpc) is 2.63. The van der Waals surface area contributed by atoms with E-state index >= 15 is 0 Å². The molecule has 1 heterocycles. The summed E-state index contributed by atoms with van der Waals surface area (Å²) in [6.07, 6.45) is 0.